The molecule has 1 amide bonds. The van der Waals surface area contributed by atoms with Crippen LogP contribution in [0.5, 0.6) is 0 Å². The molecule has 3 aromatic rings. The Labute approximate surface area is 171 Å². The molecule has 0 aliphatic carbocycles. The number of carbonyl (C=O) groups excluding carboxylic acids is 2. The number of hydrogen-bond acceptors (Lipinski definition) is 5. The molecule has 1 atom stereocenters. The van der Waals surface area contributed by atoms with Gasteiger partial charge in [0.15, 0.2) is 5.78 Å². The van der Waals surface area contributed by atoms with E-state index in [0.29, 0.717) is 33.1 Å². The summed E-state index contributed by atoms with van der Waals surface area (Å²) in [5.74, 6) is -0.904. The molecule has 3 N–H and O–H groups in total. The first kappa shape index (κ1) is 19.4. The average Bonchev–Trinajstić information content (AvgIpc) is 3.38. The average molecular weight is 409 g/mol. The van der Waals surface area contributed by atoms with Gasteiger partial charge in [0.2, 0.25) is 5.91 Å². The largest absolute Gasteiger partial charge is 0.366 e. The van der Waals surface area contributed by atoms with Gasteiger partial charge in [-0.15, -0.1) is 11.3 Å². The van der Waals surface area contributed by atoms with E-state index in [1.165, 1.54) is 23.5 Å². The first-order chi connectivity index (χ1) is 14.0. The molecule has 1 aromatic heterocycles. The van der Waals surface area contributed by atoms with Gasteiger partial charge in [-0.25, -0.2) is 9.37 Å². The first-order valence-corrected chi connectivity index (χ1v) is 10.3. The lowest BCUT2D eigenvalue weighted by molar-refractivity contribution is 0.0966. The number of nitrogens with zero attached hydrogens (tertiary/aromatic N) is 1. The molecular weight excluding hydrogens is 389 g/mol. The number of carbonyl (C=O) groups is 2. The van der Waals surface area contributed by atoms with Crippen molar-refractivity contribution in [3.05, 3.63) is 65.6 Å². The zero-order valence-corrected chi connectivity index (χ0v) is 16.5. The van der Waals surface area contributed by atoms with E-state index in [1.54, 1.807) is 30.3 Å². The molecule has 0 bridgehead atoms. The summed E-state index contributed by atoms with van der Waals surface area (Å²) < 4.78 is 13.4. The van der Waals surface area contributed by atoms with Gasteiger partial charge in [0.1, 0.15) is 16.5 Å². The molecule has 0 saturated carbocycles. The van der Waals surface area contributed by atoms with Crippen LogP contribution >= 0.6 is 11.3 Å². The van der Waals surface area contributed by atoms with Gasteiger partial charge < -0.3 is 11.1 Å². The number of hydrogen-bond donors (Lipinski definition) is 2. The maximum atomic E-state index is 13.4. The van der Waals surface area contributed by atoms with Crippen molar-refractivity contribution in [2.75, 3.05) is 6.54 Å². The molecule has 5 nitrogen and oxygen atoms in total. The van der Waals surface area contributed by atoms with Crippen LogP contribution in [0.2, 0.25) is 0 Å². The summed E-state index contributed by atoms with van der Waals surface area (Å²) in [7, 11) is 0. The number of nitrogens with one attached hydrogen (secondary N) is 1. The number of halogens is 1. The van der Waals surface area contributed by atoms with Crippen LogP contribution in [0.4, 0.5) is 4.39 Å². The smallest absolute Gasteiger partial charge is 0.248 e. The second-order valence-electron chi connectivity index (χ2n) is 7.07. The van der Waals surface area contributed by atoms with E-state index in [4.69, 9.17) is 5.73 Å². The van der Waals surface area contributed by atoms with Crippen LogP contribution in [0.15, 0.2) is 48.5 Å². The standard InChI is InChI=1S/C22H20FN3O2S/c23-16-8-6-13(7-9-16)20-19(18(27)12-17-5-2-10-25-17)26-22(29-20)15-4-1-3-14(11-15)21(24)28/h1,3-4,6-9,11,17,25H,2,5,10,12H2,(H2,24,28). The number of rotatable bonds is 6. The zero-order valence-electron chi connectivity index (χ0n) is 15.7. The number of primary amides is 1. The highest BCUT2D eigenvalue weighted by atomic mass is 32.1. The molecular formula is C22H20FN3O2S. The highest BCUT2D eigenvalue weighted by molar-refractivity contribution is 7.18. The van der Waals surface area contributed by atoms with Gasteiger partial charge in [-0.3, -0.25) is 9.59 Å². The number of ketones is 1. The summed E-state index contributed by atoms with van der Waals surface area (Å²) in [6.07, 6.45) is 2.40. The van der Waals surface area contributed by atoms with Crippen LogP contribution in [0, 0.1) is 5.82 Å². The summed E-state index contributed by atoms with van der Waals surface area (Å²) >= 11 is 1.35. The predicted octanol–water partition coefficient (Wildman–Crippen LogP) is 4.04. The fourth-order valence-electron chi connectivity index (χ4n) is 3.49. The van der Waals surface area contributed by atoms with Crippen molar-refractivity contribution in [1.29, 1.82) is 0 Å². The Kier molecular flexibility index (Phi) is 5.51. The lowest BCUT2D eigenvalue weighted by atomic mass is 10.0. The summed E-state index contributed by atoms with van der Waals surface area (Å²) in [6.45, 7) is 0.922. The number of amides is 1. The minimum Gasteiger partial charge on any atom is -0.366 e. The van der Waals surface area contributed by atoms with Gasteiger partial charge in [0, 0.05) is 23.6 Å². The summed E-state index contributed by atoms with van der Waals surface area (Å²) in [5, 5.41) is 3.96. The van der Waals surface area contributed by atoms with Crippen molar-refractivity contribution in [3.8, 4) is 21.0 Å². The van der Waals surface area contributed by atoms with Crippen molar-refractivity contribution in [2.45, 2.75) is 25.3 Å². The monoisotopic (exact) mass is 409 g/mol. The normalized spacial score (nSPS) is 16.1. The second kappa shape index (κ2) is 8.23. The van der Waals surface area contributed by atoms with Crippen molar-refractivity contribution >= 4 is 23.0 Å². The molecule has 1 fully saturated rings. The number of nitrogens with two attached hydrogens (primary N) is 1. The Hall–Kier alpha value is -2.90. The van der Waals surface area contributed by atoms with Crippen LogP contribution < -0.4 is 11.1 Å². The second-order valence-corrected chi connectivity index (χ2v) is 8.07. The minimum absolute atomic E-state index is 0.0442. The maximum Gasteiger partial charge on any atom is 0.248 e. The first-order valence-electron chi connectivity index (χ1n) is 9.45. The molecule has 1 saturated heterocycles. The van der Waals surface area contributed by atoms with E-state index in [9.17, 15) is 14.0 Å². The topological polar surface area (TPSA) is 85.1 Å². The van der Waals surface area contributed by atoms with Gasteiger partial charge in [0.25, 0.3) is 0 Å². The van der Waals surface area contributed by atoms with E-state index < -0.39 is 5.91 Å². The van der Waals surface area contributed by atoms with E-state index in [-0.39, 0.29) is 17.6 Å². The van der Waals surface area contributed by atoms with E-state index in [2.05, 4.69) is 10.3 Å². The lowest BCUT2D eigenvalue weighted by Crippen LogP contribution is -2.24. The van der Waals surface area contributed by atoms with Crippen LogP contribution in [0.3, 0.4) is 0 Å². The van der Waals surface area contributed by atoms with Crippen molar-refractivity contribution in [2.24, 2.45) is 5.73 Å². The van der Waals surface area contributed by atoms with Gasteiger partial charge >= 0.3 is 0 Å². The van der Waals surface area contributed by atoms with Crippen LogP contribution in [0.25, 0.3) is 21.0 Å². The zero-order chi connectivity index (χ0) is 20.4. The van der Waals surface area contributed by atoms with E-state index in [1.807, 2.05) is 6.07 Å². The summed E-state index contributed by atoms with van der Waals surface area (Å²) in [4.78, 5) is 29.9. The quantitative estimate of drug-likeness (QED) is 0.602. The molecule has 1 aliphatic rings. The molecule has 4 rings (SSSR count). The van der Waals surface area contributed by atoms with Crippen molar-refractivity contribution < 1.29 is 14.0 Å². The van der Waals surface area contributed by atoms with Gasteiger partial charge in [-0.1, -0.05) is 24.3 Å². The predicted molar refractivity (Wildman–Crippen MR) is 111 cm³/mol. The van der Waals surface area contributed by atoms with Gasteiger partial charge in [-0.05, 0) is 49.2 Å². The maximum absolute atomic E-state index is 13.4. The molecule has 148 valence electrons. The Balaban J connectivity index is 1.75. The number of aromatic nitrogens is 1. The highest BCUT2D eigenvalue weighted by Crippen LogP contribution is 2.36. The Morgan fingerprint density at radius 3 is 2.66 bits per heavy atom. The molecule has 1 unspecified atom stereocenters. The molecule has 7 heteroatoms. The summed E-state index contributed by atoms with van der Waals surface area (Å²) in [6, 6.07) is 13.1. The molecule has 0 spiro atoms. The van der Waals surface area contributed by atoms with Gasteiger partial charge in [-0.2, -0.15) is 0 Å². The Morgan fingerprint density at radius 2 is 1.97 bits per heavy atom. The van der Waals surface area contributed by atoms with E-state index in [0.717, 1.165) is 24.9 Å². The molecule has 1 aliphatic heterocycles. The minimum atomic E-state index is -0.522. The molecule has 2 heterocycles. The third-order valence-electron chi connectivity index (χ3n) is 4.99. The fraction of sp³-hybridized carbons (Fsp3) is 0.227. The third-order valence-corrected chi connectivity index (χ3v) is 6.14. The highest BCUT2D eigenvalue weighted by Gasteiger charge is 2.24. The SMILES string of the molecule is NC(=O)c1cccc(-c2nc(C(=O)CC3CCCN3)c(-c3ccc(F)cc3)s2)c1. The van der Waals surface area contributed by atoms with Crippen LogP contribution in [0.1, 0.15) is 40.1 Å². The van der Waals surface area contributed by atoms with E-state index >= 15 is 0 Å². The lowest BCUT2D eigenvalue weighted by Gasteiger charge is -2.08. The number of benzene rings is 2. The Morgan fingerprint density at radius 1 is 1.17 bits per heavy atom. The van der Waals surface area contributed by atoms with Crippen LogP contribution in [-0.2, 0) is 0 Å². The number of thiazole rings is 1. The molecule has 29 heavy (non-hydrogen) atoms. The molecule has 2 aromatic carbocycles. The van der Waals surface area contributed by atoms with Gasteiger partial charge in [0.05, 0.1) is 4.88 Å². The summed E-state index contributed by atoms with van der Waals surface area (Å²) in [5.41, 5.74) is 7.61. The number of Topliss-reactive ketones (excluding diaryl/α,β-unsaturated/α-hetero) is 1. The molecule has 0 radical (unpaired) electrons. The Bertz CT molecular complexity index is 1060. The fourth-order valence-corrected chi connectivity index (χ4v) is 4.57. The van der Waals surface area contributed by atoms with Crippen LogP contribution in [-0.4, -0.2) is 29.3 Å². The van der Waals surface area contributed by atoms with Crippen molar-refractivity contribution in [1.82, 2.24) is 10.3 Å². The van der Waals surface area contributed by atoms with Crippen molar-refractivity contribution in [3.63, 3.8) is 0 Å². The third kappa shape index (κ3) is 4.26.